The van der Waals surface area contributed by atoms with Crippen molar-refractivity contribution in [3.8, 4) is 0 Å². The van der Waals surface area contributed by atoms with Crippen molar-refractivity contribution in [1.82, 2.24) is 19.6 Å². The number of halogens is 1. The zero-order valence-corrected chi connectivity index (χ0v) is 15.6. The molecule has 2 heterocycles. The van der Waals surface area contributed by atoms with Crippen LogP contribution in [0.25, 0.3) is 0 Å². The van der Waals surface area contributed by atoms with Gasteiger partial charge < -0.3 is 10.2 Å². The van der Waals surface area contributed by atoms with Gasteiger partial charge in [0.15, 0.2) is 0 Å². The van der Waals surface area contributed by atoms with Gasteiger partial charge >= 0.3 is 0 Å². The van der Waals surface area contributed by atoms with Crippen LogP contribution in [0.2, 0.25) is 0 Å². The number of aromatic nitrogens is 2. The van der Waals surface area contributed by atoms with Gasteiger partial charge in [-0.15, -0.1) is 0 Å². The molecule has 3 rings (SSSR count). The first-order valence-corrected chi connectivity index (χ1v) is 9.00. The molecule has 0 saturated carbocycles. The summed E-state index contributed by atoms with van der Waals surface area (Å²) >= 11 is 0. The monoisotopic (exact) mass is 373 g/mol. The Morgan fingerprint density at radius 1 is 1.15 bits per heavy atom. The Kier molecular flexibility index (Phi) is 5.85. The number of nitrogens with zero attached hydrogens (tertiary/aromatic N) is 4. The second-order valence-electron chi connectivity index (χ2n) is 6.77. The van der Waals surface area contributed by atoms with Gasteiger partial charge in [0.1, 0.15) is 11.6 Å². The number of carbonyl (C=O) groups is 2. The number of hydrogen-bond acceptors (Lipinski definition) is 4. The molecule has 7 nitrogen and oxygen atoms in total. The van der Waals surface area contributed by atoms with Gasteiger partial charge in [0.25, 0.3) is 5.91 Å². The molecule has 1 aromatic carbocycles. The van der Waals surface area contributed by atoms with Gasteiger partial charge in [0.2, 0.25) is 5.91 Å². The number of amides is 2. The number of benzene rings is 1. The average molecular weight is 373 g/mol. The summed E-state index contributed by atoms with van der Waals surface area (Å²) < 4.78 is 14.7. The van der Waals surface area contributed by atoms with Crippen LogP contribution < -0.4 is 5.32 Å². The van der Waals surface area contributed by atoms with Crippen molar-refractivity contribution < 1.29 is 14.0 Å². The quantitative estimate of drug-likeness (QED) is 0.885. The first-order chi connectivity index (χ1) is 12.9. The van der Waals surface area contributed by atoms with Crippen LogP contribution in [-0.4, -0.2) is 64.1 Å². The summed E-state index contributed by atoms with van der Waals surface area (Å²) in [6.45, 7) is 4.65. The Balaban J connectivity index is 1.53. The van der Waals surface area contributed by atoms with Crippen molar-refractivity contribution in [1.29, 1.82) is 0 Å². The zero-order valence-electron chi connectivity index (χ0n) is 15.6. The first-order valence-electron chi connectivity index (χ1n) is 9.00. The van der Waals surface area contributed by atoms with Gasteiger partial charge in [-0.2, -0.15) is 5.10 Å². The lowest BCUT2D eigenvalue weighted by Crippen LogP contribution is -2.38. The van der Waals surface area contributed by atoms with Crippen molar-refractivity contribution >= 4 is 17.6 Å². The third-order valence-corrected chi connectivity index (χ3v) is 4.60. The minimum atomic E-state index is -0.358. The molecule has 1 N–H and O–H groups in total. The van der Waals surface area contributed by atoms with Crippen molar-refractivity contribution in [2.75, 3.05) is 38.0 Å². The zero-order chi connectivity index (χ0) is 19.4. The van der Waals surface area contributed by atoms with Crippen LogP contribution in [0.3, 0.4) is 0 Å². The molecule has 2 aromatic rings. The maximum absolute atomic E-state index is 13.0. The van der Waals surface area contributed by atoms with Crippen LogP contribution in [0.15, 0.2) is 30.3 Å². The molecule has 27 heavy (non-hydrogen) atoms. The van der Waals surface area contributed by atoms with Crippen molar-refractivity contribution in [3.63, 3.8) is 0 Å². The molecule has 1 saturated heterocycles. The van der Waals surface area contributed by atoms with Crippen molar-refractivity contribution in [3.05, 3.63) is 47.4 Å². The lowest BCUT2D eigenvalue weighted by molar-refractivity contribution is -0.117. The van der Waals surface area contributed by atoms with Crippen LogP contribution in [0, 0.1) is 12.7 Å². The van der Waals surface area contributed by atoms with Crippen LogP contribution in [0.1, 0.15) is 22.5 Å². The molecule has 1 aliphatic rings. The number of hydrogen-bond donors (Lipinski definition) is 1. The van der Waals surface area contributed by atoms with E-state index in [2.05, 4.69) is 10.4 Å². The molecule has 1 aliphatic heterocycles. The van der Waals surface area contributed by atoms with E-state index in [0.29, 0.717) is 31.0 Å². The van der Waals surface area contributed by atoms with Crippen LogP contribution >= 0.6 is 0 Å². The molecular formula is C19H24FN5O2. The summed E-state index contributed by atoms with van der Waals surface area (Å²) in [5.41, 5.74) is 1.33. The SMILES string of the molecule is Cc1cc(NC(=O)CN2CCCN(C(=O)c3ccc(F)cc3)CC2)n(C)n1. The van der Waals surface area contributed by atoms with E-state index in [0.717, 1.165) is 18.7 Å². The highest BCUT2D eigenvalue weighted by Crippen LogP contribution is 2.11. The lowest BCUT2D eigenvalue weighted by atomic mass is 10.2. The highest BCUT2D eigenvalue weighted by atomic mass is 19.1. The lowest BCUT2D eigenvalue weighted by Gasteiger charge is -2.21. The van der Waals surface area contributed by atoms with E-state index in [4.69, 9.17) is 0 Å². The topological polar surface area (TPSA) is 70.5 Å². The molecule has 8 heteroatoms. The van der Waals surface area contributed by atoms with Gasteiger partial charge in [-0.3, -0.25) is 19.2 Å². The molecule has 2 amide bonds. The standard InChI is InChI=1S/C19H24FN5O2/c1-14-12-17(23(2)22-14)21-18(26)13-24-8-3-9-25(11-10-24)19(27)15-4-6-16(20)7-5-15/h4-7,12H,3,8-11,13H2,1-2H3,(H,21,26). The number of aryl methyl sites for hydroxylation is 2. The van der Waals surface area contributed by atoms with E-state index in [9.17, 15) is 14.0 Å². The fraction of sp³-hybridized carbons (Fsp3) is 0.421. The molecule has 0 spiro atoms. The molecule has 0 atom stereocenters. The number of rotatable bonds is 4. The average Bonchev–Trinajstić information content (AvgIpc) is 2.82. The summed E-state index contributed by atoms with van der Waals surface area (Å²) in [6, 6.07) is 7.42. The Bertz CT molecular complexity index is 818. The summed E-state index contributed by atoms with van der Waals surface area (Å²) in [4.78, 5) is 28.7. The van der Waals surface area contributed by atoms with E-state index >= 15 is 0 Å². The van der Waals surface area contributed by atoms with Crippen LogP contribution in [0.4, 0.5) is 10.2 Å². The third-order valence-electron chi connectivity index (χ3n) is 4.60. The minimum absolute atomic E-state index is 0.101. The van der Waals surface area contributed by atoms with Gasteiger partial charge in [0, 0.05) is 44.9 Å². The van der Waals surface area contributed by atoms with E-state index < -0.39 is 0 Å². The molecule has 0 bridgehead atoms. The van der Waals surface area contributed by atoms with Gasteiger partial charge in [-0.05, 0) is 37.6 Å². The Hall–Kier alpha value is -2.74. The molecule has 0 unspecified atom stereocenters. The number of nitrogens with one attached hydrogen (secondary N) is 1. The van der Waals surface area contributed by atoms with Gasteiger partial charge in [0.05, 0.1) is 12.2 Å². The van der Waals surface area contributed by atoms with E-state index in [1.54, 1.807) is 16.6 Å². The number of carbonyl (C=O) groups excluding carboxylic acids is 2. The predicted octanol–water partition coefficient (Wildman–Crippen LogP) is 1.65. The summed E-state index contributed by atoms with van der Waals surface area (Å²) in [5, 5.41) is 7.08. The third kappa shape index (κ3) is 4.91. The second-order valence-corrected chi connectivity index (χ2v) is 6.77. The highest BCUT2D eigenvalue weighted by molar-refractivity contribution is 5.94. The summed E-state index contributed by atoms with van der Waals surface area (Å²) in [5.74, 6) is 0.103. The Labute approximate surface area is 157 Å². The fourth-order valence-corrected chi connectivity index (χ4v) is 3.22. The van der Waals surface area contributed by atoms with Crippen LogP contribution in [0.5, 0.6) is 0 Å². The molecule has 144 valence electrons. The molecule has 0 radical (unpaired) electrons. The smallest absolute Gasteiger partial charge is 0.253 e. The maximum Gasteiger partial charge on any atom is 0.253 e. The molecule has 0 aliphatic carbocycles. The first kappa shape index (κ1) is 19.0. The van der Waals surface area contributed by atoms with Gasteiger partial charge in [-0.1, -0.05) is 0 Å². The van der Waals surface area contributed by atoms with E-state index in [1.807, 2.05) is 17.9 Å². The van der Waals surface area contributed by atoms with Gasteiger partial charge in [-0.25, -0.2) is 4.39 Å². The Morgan fingerprint density at radius 3 is 2.56 bits per heavy atom. The molecular weight excluding hydrogens is 349 g/mol. The number of anilines is 1. The van der Waals surface area contributed by atoms with Crippen molar-refractivity contribution in [2.24, 2.45) is 7.05 Å². The predicted molar refractivity (Wildman–Crippen MR) is 99.9 cm³/mol. The second kappa shape index (κ2) is 8.30. The fourth-order valence-electron chi connectivity index (χ4n) is 3.22. The highest BCUT2D eigenvalue weighted by Gasteiger charge is 2.21. The van der Waals surface area contributed by atoms with Crippen molar-refractivity contribution in [2.45, 2.75) is 13.3 Å². The minimum Gasteiger partial charge on any atom is -0.337 e. The summed E-state index contributed by atoms with van der Waals surface area (Å²) in [6.07, 6.45) is 0.783. The van der Waals surface area contributed by atoms with E-state index in [1.165, 1.54) is 24.3 Å². The molecule has 1 fully saturated rings. The molecule has 1 aromatic heterocycles. The Morgan fingerprint density at radius 2 is 1.89 bits per heavy atom. The normalized spacial score (nSPS) is 15.4. The summed E-state index contributed by atoms with van der Waals surface area (Å²) in [7, 11) is 1.79. The van der Waals surface area contributed by atoms with Crippen LogP contribution in [-0.2, 0) is 11.8 Å². The largest absolute Gasteiger partial charge is 0.337 e. The van der Waals surface area contributed by atoms with E-state index in [-0.39, 0.29) is 24.2 Å². The maximum atomic E-state index is 13.0.